The summed E-state index contributed by atoms with van der Waals surface area (Å²) in [6, 6.07) is 16.9. The highest BCUT2D eigenvalue weighted by molar-refractivity contribution is 7.17. The van der Waals surface area contributed by atoms with Gasteiger partial charge in [-0.15, -0.1) is 11.3 Å². The maximum absolute atomic E-state index is 4.64. The summed E-state index contributed by atoms with van der Waals surface area (Å²) >= 11 is 1.81. The number of nitrogens with zero attached hydrogens (tertiary/aromatic N) is 2. The quantitative estimate of drug-likeness (QED) is 0.523. The average molecular weight is 278 g/mol. The molecule has 0 aliphatic rings. The van der Waals surface area contributed by atoms with Gasteiger partial charge in [-0.3, -0.25) is 0 Å². The van der Waals surface area contributed by atoms with E-state index in [1.165, 1.54) is 21.2 Å². The third kappa shape index (κ3) is 1.74. The standard InChI is InChI=1S/C17H14N2S/c1-12-18-15-7-3-4-8-16(15)19(12)10-13-11-20-17-9-5-2-6-14(13)17/h2-9,11H,10H2,1H3. The first-order chi connectivity index (χ1) is 9.83. The Balaban J connectivity index is 1.87. The van der Waals surface area contributed by atoms with Crippen molar-refractivity contribution in [3.8, 4) is 0 Å². The number of aromatic nitrogens is 2. The van der Waals surface area contributed by atoms with E-state index in [-0.39, 0.29) is 0 Å². The predicted molar refractivity (Wildman–Crippen MR) is 85.4 cm³/mol. The van der Waals surface area contributed by atoms with Gasteiger partial charge in [-0.1, -0.05) is 30.3 Å². The molecule has 2 heterocycles. The van der Waals surface area contributed by atoms with Crippen molar-refractivity contribution in [3.63, 3.8) is 0 Å². The molecule has 2 aromatic carbocycles. The van der Waals surface area contributed by atoms with E-state index in [0.29, 0.717) is 0 Å². The SMILES string of the molecule is Cc1nc2ccccc2n1Cc1csc2ccccc12. The van der Waals surface area contributed by atoms with E-state index in [9.17, 15) is 0 Å². The zero-order valence-electron chi connectivity index (χ0n) is 11.2. The topological polar surface area (TPSA) is 17.8 Å². The summed E-state index contributed by atoms with van der Waals surface area (Å²) in [4.78, 5) is 4.64. The number of hydrogen-bond donors (Lipinski definition) is 0. The molecule has 0 radical (unpaired) electrons. The summed E-state index contributed by atoms with van der Waals surface area (Å²) in [7, 11) is 0. The number of fused-ring (bicyclic) bond motifs is 2. The Morgan fingerprint density at radius 1 is 1.05 bits per heavy atom. The monoisotopic (exact) mass is 278 g/mol. The van der Waals surface area contributed by atoms with Crippen LogP contribution in [0.25, 0.3) is 21.1 Å². The fourth-order valence-electron chi connectivity index (χ4n) is 2.72. The fraction of sp³-hybridized carbons (Fsp3) is 0.118. The van der Waals surface area contributed by atoms with E-state index in [4.69, 9.17) is 0 Å². The maximum atomic E-state index is 4.64. The van der Waals surface area contributed by atoms with Crippen molar-refractivity contribution < 1.29 is 0 Å². The lowest BCUT2D eigenvalue weighted by Gasteiger charge is -2.06. The summed E-state index contributed by atoms with van der Waals surface area (Å²) in [6.07, 6.45) is 0. The van der Waals surface area contributed by atoms with Gasteiger partial charge in [-0.2, -0.15) is 0 Å². The van der Waals surface area contributed by atoms with Crippen LogP contribution in [0.5, 0.6) is 0 Å². The van der Waals surface area contributed by atoms with Crippen molar-refractivity contribution in [2.75, 3.05) is 0 Å². The van der Waals surface area contributed by atoms with Gasteiger partial charge in [0.2, 0.25) is 0 Å². The molecular weight excluding hydrogens is 264 g/mol. The number of rotatable bonds is 2. The summed E-state index contributed by atoms with van der Waals surface area (Å²) in [5, 5.41) is 3.62. The molecular formula is C17H14N2S. The highest BCUT2D eigenvalue weighted by atomic mass is 32.1. The number of imidazole rings is 1. The van der Waals surface area contributed by atoms with Gasteiger partial charge in [0.15, 0.2) is 0 Å². The van der Waals surface area contributed by atoms with Gasteiger partial charge in [-0.25, -0.2) is 4.98 Å². The van der Waals surface area contributed by atoms with E-state index in [0.717, 1.165) is 17.9 Å². The van der Waals surface area contributed by atoms with Gasteiger partial charge in [0.1, 0.15) is 5.82 Å². The molecule has 0 saturated carbocycles. The van der Waals surface area contributed by atoms with Gasteiger partial charge >= 0.3 is 0 Å². The Hall–Kier alpha value is -2.13. The van der Waals surface area contributed by atoms with Crippen LogP contribution in [-0.2, 0) is 6.54 Å². The molecule has 2 nitrogen and oxygen atoms in total. The molecule has 0 aliphatic heterocycles. The minimum absolute atomic E-state index is 0.885. The highest BCUT2D eigenvalue weighted by Crippen LogP contribution is 2.27. The van der Waals surface area contributed by atoms with Crippen molar-refractivity contribution in [2.24, 2.45) is 0 Å². The minimum Gasteiger partial charge on any atom is -0.324 e. The molecule has 0 unspecified atom stereocenters. The van der Waals surface area contributed by atoms with Crippen molar-refractivity contribution in [2.45, 2.75) is 13.5 Å². The number of hydrogen-bond acceptors (Lipinski definition) is 2. The average Bonchev–Trinajstić information content (AvgIpc) is 3.02. The Labute approximate surface area is 121 Å². The van der Waals surface area contributed by atoms with Crippen LogP contribution < -0.4 is 0 Å². The van der Waals surface area contributed by atoms with Crippen LogP contribution in [0.2, 0.25) is 0 Å². The van der Waals surface area contributed by atoms with Gasteiger partial charge in [0.05, 0.1) is 17.6 Å². The summed E-state index contributed by atoms with van der Waals surface area (Å²) in [6.45, 7) is 2.96. The molecule has 98 valence electrons. The van der Waals surface area contributed by atoms with E-state index in [1.807, 2.05) is 17.4 Å². The third-order valence-corrected chi connectivity index (χ3v) is 4.75. The van der Waals surface area contributed by atoms with Crippen LogP contribution >= 0.6 is 11.3 Å². The second-order valence-electron chi connectivity index (χ2n) is 4.99. The van der Waals surface area contributed by atoms with Crippen LogP contribution in [0.1, 0.15) is 11.4 Å². The zero-order chi connectivity index (χ0) is 13.5. The summed E-state index contributed by atoms with van der Waals surface area (Å²) in [5.74, 6) is 1.07. The molecule has 2 aromatic heterocycles. The predicted octanol–water partition coefficient (Wildman–Crippen LogP) is 4.61. The van der Waals surface area contributed by atoms with E-state index in [1.54, 1.807) is 0 Å². The second-order valence-corrected chi connectivity index (χ2v) is 5.90. The minimum atomic E-state index is 0.885. The molecule has 0 aliphatic carbocycles. The first-order valence-corrected chi connectivity index (χ1v) is 7.58. The molecule has 0 amide bonds. The van der Waals surface area contributed by atoms with Crippen molar-refractivity contribution in [1.82, 2.24) is 9.55 Å². The van der Waals surface area contributed by atoms with Crippen LogP contribution in [0.15, 0.2) is 53.9 Å². The lowest BCUT2D eigenvalue weighted by atomic mass is 10.2. The number of aryl methyl sites for hydroxylation is 1. The molecule has 4 rings (SSSR count). The molecule has 20 heavy (non-hydrogen) atoms. The van der Waals surface area contributed by atoms with Gasteiger partial charge in [0.25, 0.3) is 0 Å². The number of para-hydroxylation sites is 2. The Morgan fingerprint density at radius 3 is 2.80 bits per heavy atom. The largest absolute Gasteiger partial charge is 0.324 e. The fourth-order valence-corrected chi connectivity index (χ4v) is 3.68. The normalized spacial score (nSPS) is 11.4. The Bertz CT molecular complexity index is 902. The molecule has 0 fully saturated rings. The van der Waals surface area contributed by atoms with Crippen molar-refractivity contribution in [3.05, 3.63) is 65.3 Å². The molecule has 0 spiro atoms. The van der Waals surface area contributed by atoms with Gasteiger partial charge in [0, 0.05) is 4.70 Å². The van der Waals surface area contributed by atoms with Crippen LogP contribution in [0, 0.1) is 6.92 Å². The lowest BCUT2D eigenvalue weighted by Crippen LogP contribution is -2.01. The van der Waals surface area contributed by atoms with E-state index < -0.39 is 0 Å². The molecule has 3 heteroatoms. The lowest BCUT2D eigenvalue weighted by molar-refractivity contribution is 0.792. The second kappa shape index (κ2) is 4.46. The first-order valence-electron chi connectivity index (χ1n) is 6.70. The molecule has 0 N–H and O–H groups in total. The Morgan fingerprint density at radius 2 is 1.85 bits per heavy atom. The van der Waals surface area contributed by atoms with Crippen molar-refractivity contribution in [1.29, 1.82) is 0 Å². The van der Waals surface area contributed by atoms with Gasteiger partial charge < -0.3 is 4.57 Å². The van der Waals surface area contributed by atoms with Crippen LogP contribution in [0.4, 0.5) is 0 Å². The summed E-state index contributed by atoms with van der Waals surface area (Å²) in [5.41, 5.74) is 3.65. The molecule has 0 bridgehead atoms. The molecule has 0 saturated heterocycles. The zero-order valence-corrected chi connectivity index (χ0v) is 12.0. The first kappa shape index (κ1) is 11.7. The molecule has 0 atom stereocenters. The van der Waals surface area contributed by atoms with E-state index in [2.05, 4.69) is 64.3 Å². The smallest absolute Gasteiger partial charge is 0.107 e. The number of benzene rings is 2. The van der Waals surface area contributed by atoms with Crippen molar-refractivity contribution >= 4 is 32.5 Å². The van der Waals surface area contributed by atoms with Crippen LogP contribution in [-0.4, -0.2) is 9.55 Å². The third-order valence-electron chi connectivity index (χ3n) is 3.74. The highest BCUT2D eigenvalue weighted by Gasteiger charge is 2.09. The molecule has 4 aromatic rings. The Kier molecular flexibility index (Phi) is 2.60. The maximum Gasteiger partial charge on any atom is 0.107 e. The summed E-state index contributed by atoms with van der Waals surface area (Å²) < 4.78 is 3.65. The van der Waals surface area contributed by atoms with Gasteiger partial charge in [-0.05, 0) is 41.5 Å². The van der Waals surface area contributed by atoms with Crippen LogP contribution in [0.3, 0.4) is 0 Å². The number of thiophene rings is 1. The van der Waals surface area contributed by atoms with E-state index >= 15 is 0 Å².